The average molecular weight is 235 g/mol. The van der Waals surface area contributed by atoms with Crippen molar-refractivity contribution >= 4 is 0 Å². The largest absolute Gasteiger partial charge is 0.317 e. The van der Waals surface area contributed by atoms with E-state index in [2.05, 4.69) is 15.0 Å². The van der Waals surface area contributed by atoms with Gasteiger partial charge in [-0.1, -0.05) is 0 Å². The highest BCUT2D eigenvalue weighted by Crippen LogP contribution is 2.19. The summed E-state index contributed by atoms with van der Waals surface area (Å²) in [4.78, 5) is 28.8. The fraction of sp³-hybridized carbons (Fsp3) is 1.00. The smallest absolute Gasteiger partial charge is 0.294 e. The van der Waals surface area contributed by atoms with Gasteiger partial charge in [0.25, 0.3) is 10.2 Å². The molecule has 0 aliphatic carbocycles. The molecule has 1 rings (SSSR count). The lowest BCUT2D eigenvalue weighted by atomic mass is 9.93. The lowest BCUT2D eigenvalue weighted by molar-refractivity contribution is -0.791. The standard InChI is InChI=1S/C7H13N3O6/c11-9(12)15-5-7(16-10(13)14)6-1-3-8-4-2-6/h6-8H,1-5H2. The van der Waals surface area contributed by atoms with Crippen molar-refractivity contribution in [2.24, 2.45) is 5.92 Å². The van der Waals surface area contributed by atoms with E-state index in [9.17, 15) is 20.2 Å². The van der Waals surface area contributed by atoms with E-state index < -0.39 is 22.9 Å². The monoisotopic (exact) mass is 235 g/mol. The van der Waals surface area contributed by atoms with Gasteiger partial charge in [0.15, 0.2) is 0 Å². The van der Waals surface area contributed by atoms with Gasteiger partial charge in [-0.05, 0) is 31.8 Å². The lowest BCUT2D eigenvalue weighted by Crippen LogP contribution is -2.39. The van der Waals surface area contributed by atoms with Crippen molar-refractivity contribution in [3.05, 3.63) is 20.2 Å². The van der Waals surface area contributed by atoms with Gasteiger partial charge < -0.3 is 15.0 Å². The molecule has 0 aromatic carbocycles. The number of piperidine rings is 1. The fourth-order valence-electron chi connectivity index (χ4n) is 1.71. The predicted molar refractivity (Wildman–Crippen MR) is 50.4 cm³/mol. The zero-order chi connectivity index (χ0) is 12.0. The van der Waals surface area contributed by atoms with Crippen molar-refractivity contribution in [3.8, 4) is 0 Å². The average Bonchev–Trinajstić information content (AvgIpc) is 2.25. The molecular formula is C7H13N3O6. The molecule has 0 saturated carbocycles. The quantitative estimate of drug-likeness (QED) is 0.499. The minimum absolute atomic E-state index is 0.0911. The Balaban J connectivity index is 2.47. The van der Waals surface area contributed by atoms with Crippen LogP contribution in [0.15, 0.2) is 0 Å². The maximum atomic E-state index is 10.2. The highest BCUT2D eigenvalue weighted by atomic mass is 17.0. The molecule has 92 valence electrons. The Hall–Kier alpha value is -1.64. The van der Waals surface area contributed by atoms with Crippen LogP contribution in [-0.2, 0) is 9.68 Å². The summed E-state index contributed by atoms with van der Waals surface area (Å²) in [6, 6.07) is 0. The number of hydrogen-bond acceptors (Lipinski definition) is 7. The molecule has 0 aromatic heterocycles. The third-order valence-electron chi connectivity index (χ3n) is 2.48. The van der Waals surface area contributed by atoms with Gasteiger partial charge in [-0.3, -0.25) is 0 Å². The van der Waals surface area contributed by atoms with Gasteiger partial charge in [0.1, 0.15) is 12.7 Å². The number of nitrogens with one attached hydrogen (secondary N) is 1. The van der Waals surface area contributed by atoms with Crippen LogP contribution in [0.1, 0.15) is 12.8 Å². The third kappa shape index (κ3) is 4.26. The van der Waals surface area contributed by atoms with E-state index >= 15 is 0 Å². The first-order valence-electron chi connectivity index (χ1n) is 4.89. The van der Waals surface area contributed by atoms with Crippen molar-refractivity contribution < 1.29 is 19.8 Å². The van der Waals surface area contributed by atoms with E-state index in [0.29, 0.717) is 12.8 Å². The Morgan fingerprint density at radius 3 is 2.38 bits per heavy atom. The summed E-state index contributed by atoms with van der Waals surface area (Å²) in [7, 11) is 0. The van der Waals surface area contributed by atoms with E-state index in [0.717, 1.165) is 13.1 Å². The van der Waals surface area contributed by atoms with Crippen molar-refractivity contribution in [2.75, 3.05) is 19.7 Å². The van der Waals surface area contributed by atoms with E-state index in [4.69, 9.17) is 0 Å². The maximum Gasteiger partial charge on any atom is 0.294 e. The lowest BCUT2D eigenvalue weighted by Gasteiger charge is -2.28. The highest BCUT2D eigenvalue weighted by molar-refractivity contribution is 4.75. The fourth-order valence-corrected chi connectivity index (χ4v) is 1.71. The van der Waals surface area contributed by atoms with Crippen LogP contribution in [0.4, 0.5) is 0 Å². The summed E-state index contributed by atoms with van der Waals surface area (Å²) in [5.74, 6) is -0.0911. The first kappa shape index (κ1) is 12.4. The summed E-state index contributed by atoms with van der Waals surface area (Å²) in [5, 5.41) is 21.4. The Kier molecular flexibility index (Phi) is 4.70. The van der Waals surface area contributed by atoms with Crippen LogP contribution < -0.4 is 5.32 Å². The third-order valence-corrected chi connectivity index (χ3v) is 2.48. The van der Waals surface area contributed by atoms with Crippen LogP contribution in [0.3, 0.4) is 0 Å². The molecule has 1 saturated heterocycles. The van der Waals surface area contributed by atoms with E-state index in [-0.39, 0.29) is 5.92 Å². The van der Waals surface area contributed by atoms with Gasteiger partial charge in [0, 0.05) is 0 Å². The first-order chi connectivity index (χ1) is 7.59. The number of rotatable bonds is 6. The Morgan fingerprint density at radius 2 is 1.88 bits per heavy atom. The summed E-state index contributed by atoms with van der Waals surface area (Å²) >= 11 is 0. The van der Waals surface area contributed by atoms with Gasteiger partial charge in [0.2, 0.25) is 0 Å². The van der Waals surface area contributed by atoms with Crippen LogP contribution in [0.5, 0.6) is 0 Å². The van der Waals surface area contributed by atoms with Gasteiger partial charge in [-0.2, -0.15) is 0 Å². The van der Waals surface area contributed by atoms with E-state index in [1.54, 1.807) is 0 Å². The van der Waals surface area contributed by atoms with Crippen molar-refractivity contribution in [3.63, 3.8) is 0 Å². The molecule has 0 spiro atoms. The van der Waals surface area contributed by atoms with Crippen LogP contribution in [-0.4, -0.2) is 36.0 Å². The minimum atomic E-state index is -0.975. The maximum absolute atomic E-state index is 10.2. The van der Waals surface area contributed by atoms with Crippen LogP contribution in [0, 0.1) is 26.1 Å². The van der Waals surface area contributed by atoms with Crippen molar-refractivity contribution in [1.82, 2.24) is 5.32 Å². The van der Waals surface area contributed by atoms with Gasteiger partial charge in [-0.15, -0.1) is 20.2 Å². The molecule has 1 unspecified atom stereocenters. The van der Waals surface area contributed by atoms with E-state index in [1.807, 2.05) is 0 Å². The molecule has 1 N–H and O–H groups in total. The topological polar surface area (TPSA) is 117 Å². The SMILES string of the molecule is O=[N+]([O-])OCC(O[N+](=O)[O-])C1CCNCC1. The molecule has 0 bridgehead atoms. The Labute approximate surface area is 90.9 Å². The molecule has 1 aliphatic rings. The zero-order valence-electron chi connectivity index (χ0n) is 8.53. The summed E-state index contributed by atoms with van der Waals surface area (Å²) < 4.78 is 0. The molecule has 1 fully saturated rings. The van der Waals surface area contributed by atoms with Crippen LogP contribution in [0.2, 0.25) is 0 Å². The molecule has 1 atom stereocenters. The van der Waals surface area contributed by atoms with Gasteiger partial charge in [0.05, 0.1) is 0 Å². The molecule has 16 heavy (non-hydrogen) atoms. The second-order valence-corrected chi connectivity index (χ2v) is 3.47. The molecular weight excluding hydrogens is 222 g/mol. The summed E-state index contributed by atoms with van der Waals surface area (Å²) in [5.41, 5.74) is 0. The second kappa shape index (κ2) is 6.05. The van der Waals surface area contributed by atoms with Gasteiger partial charge >= 0.3 is 0 Å². The number of hydrogen-bond donors (Lipinski definition) is 1. The molecule has 0 amide bonds. The Bertz CT molecular complexity index is 255. The molecule has 1 heterocycles. The molecule has 0 radical (unpaired) electrons. The molecule has 0 aromatic rings. The summed E-state index contributed by atoms with van der Waals surface area (Å²) in [6.45, 7) is 1.04. The van der Waals surface area contributed by atoms with Gasteiger partial charge in [-0.25, -0.2) is 0 Å². The van der Waals surface area contributed by atoms with Crippen LogP contribution >= 0.6 is 0 Å². The van der Waals surface area contributed by atoms with Crippen LogP contribution in [0.25, 0.3) is 0 Å². The van der Waals surface area contributed by atoms with Crippen molar-refractivity contribution in [2.45, 2.75) is 18.9 Å². The van der Waals surface area contributed by atoms with Crippen molar-refractivity contribution in [1.29, 1.82) is 0 Å². The Morgan fingerprint density at radius 1 is 1.25 bits per heavy atom. The normalized spacial score (nSPS) is 18.8. The number of nitrogens with zero attached hydrogens (tertiary/aromatic N) is 2. The molecule has 9 nitrogen and oxygen atoms in total. The first-order valence-corrected chi connectivity index (χ1v) is 4.89. The highest BCUT2D eigenvalue weighted by Gasteiger charge is 2.27. The second-order valence-electron chi connectivity index (χ2n) is 3.47. The van der Waals surface area contributed by atoms with E-state index in [1.165, 1.54) is 0 Å². The minimum Gasteiger partial charge on any atom is -0.317 e. The predicted octanol–water partition coefficient (Wildman–Crippen LogP) is -0.229. The zero-order valence-corrected chi connectivity index (χ0v) is 8.53. The summed E-state index contributed by atoms with van der Waals surface area (Å²) in [6.07, 6.45) is 0.488. The molecule has 1 aliphatic heterocycles. The molecule has 9 heteroatoms.